The fraction of sp³-hybridized carbons (Fsp3) is 0.650. The number of piperidine rings is 1. The molecule has 3 spiro atoms. The van der Waals surface area contributed by atoms with Gasteiger partial charge in [-0.15, -0.1) is 0 Å². The number of phenolic OH excluding ortho intramolecular Hbond substituents is 1. The van der Waals surface area contributed by atoms with Crippen LogP contribution in [0.5, 0.6) is 11.5 Å². The highest BCUT2D eigenvalue weighted by atomic mass is 32.2. The molecule has 0 aromatic heterocycles. The molecule has 4 bridgehead atoms. The number of allylic oxidation sites excluding steroid dienone is 1. The van der Waals surface area contributed by atoms with Crippen LogP contribution in [0, 0.1) is 22.7 Å². The average molecular weight is 672 g/mol. The van der Waals surface area contributed by atoms with Crippen LogP contribution in [0.1, 0.15) is 94.9 Å². The van der Waals surface area contributed by atoms with Gasteiger partial charge in [0.05, 0.1) is 17.7 Å². The SMILES string of the molecule is COC12CCC3(CC1C(C)(OS(=O)OCCC1=CCc4ccccc4C1)C(C)(C)C)C1N(CC4CC4)C14CC31c3c4ccc(O)c3OC21. The normalized spacial score (nSPS) is 40.8. The Morgan fingerprint density at radius 3 is 2.62 bits per heavy atom. The molecule has 6 fully saturated rings. The van der Waals surface area contributed by atoms with Crippen LogP contribution in [-0.4, -0.2) is 57.8 Å². The third kappa shape index (κ3) is 3.48. The molecule has 7 aliphatic carbocycles. The summed E-state index contributed by atoms with van der Waals surface area (Å²) in [5.41, 5.74) is 4.66. The predicted octanol–water partition coefficient (Wildman–Crippen LogP) is 6.82. The van der Waals surface area contributed by atoms with Gasteiger partial charge in [0.15, 0.2) is 11.5 Å². The maximum Gasteiger partial charge on any atom is 0.305 e. The molecule has 10 unspecified atom stereocenters. The summed E-state index contributed by atoms with van der Waals surface area (Å²) in [5, 5.41) is 11.2. The third-order valence-corrected chi connectivity index (χ3v) is 16.0. The van der Waals surface area contributed by atoms with E-state index >= 15 is 0 Å². The van der Waals surface area contributed by atoms with Crippen molar-refractivity contribution in [1.82, 2.24) is 4.90 Å². The summed E-state index contributed by atoms with van der Waals surface area (Å²) in [6, 6.07) is 13.1. The number of fused-ring (bicyclic) bond motifs is 3. The number of ether oxygens (including phenoxy) is 2. The fourth-order valence-corrected chi connectivity index (χ4v) is 13.4. The van der Waals surface area contributed by atoms with Crippen molar-refractivity contribution in [3.63, 3.8) is 0 Å². The first-order valence-electron chi connectivity index (χ1n) is 18.3. The third-order valence-electron chi connectivity index (χ3n) is 15.1. The van der Waals surface area contributed by atoms with Gasteiger partial charge in [0.2, 0.25) is 0 Å². The van der Waals surface area contributed by atoms with Crippen LogP contribution in [0.15, 0.2) is 48.0 Å². The average Bonchev–Trinajstić information content (AvgIpc) is 3.90. The molecule has 1 N–H and O–H groups in total. The minimum Gasteiger partial charge on any atom is -0.504 e. The van der Waals surface area contributed by atoms with E-state index in [2.05, 4.69) is 69.0 Å². The summed E-state index contributed by atoms with van der Waals surface area (Å²) < 4.78 is 40.4. The zero-order valence-electron chi connectivity index (χ0n) is 29.0. The highest BCUT2D eigenvalue weighted by molar-refractivity contribution is 7.75. The van der Waals surface area contributed by atoms with Crippen molar-refractivity contribution >= 4 is 11.4 Å². The highest BCUT2D eigenvalue weighted by Crippen LogP contribution is 2.90. The van der Waals surface area contributed by atoms with Crippen LogP contribution in [-0.2, 0) is 48.3 Å². The van der Waals surface area contributed by atoms with Gasteiger partial charge in [-0.05, 0) is 98.8 Å². The van der Waals surface area contributed by atoms with E-state index in [0.29, 0.717) is 18.4 Å². The molecule has 2 heterocycles. The zero-order valence-corrected chi connectivity index (χ0v) is 29.8. The lowest BCUT2D eigenvalue weighted by atomic mass is 9.38. The van der Waals surface area contributed by atoms with Crippen LogP contribution in [0.3, 0.4) is 0 Å². The molecule has 2 aliphatic heterocycles. The van der Waals surface area contributed by atoms with Crippen molar-refractivity contribution in [3.8, 4) is 11.5 Å². The number of likely N-dealkylation sites (tertiary alicyclic amines) is 1. The largest absolute Gasteiger partial charge is 0.504 e. The number of hydrogen-bond acceptors (Lipinski definition) is 7. The van der Waals surface area contributed by atoms with Gasteiger partial charge in [-0.25, -0.2) is 0 Å². The number of rotatable bonds is 10. The van der Waals surface area contributed by atoms with Crippen LogP contribution in [0.25, 0.3) is 0 Å². The van der Waals surface area contributed by atoms with E-state index in [1.165, 1.54) is 40.7 Å². The minimum absolute atomic E-state index is 0.0223. The molecule has 9 aliphatic rings. The number of methoxy groups -OCH3 is 1. The molecule has 256 valence electrons. The summed E-state index contributed by atoms with van der Waals surface area (Å²) in [4.78, 5) is 2.84. The number of nitrogens with zero attached hydrogens (tertiary/aromatic N) is 1. The van der Waals surface area contributed by atoms with Crippen molar-refractivity contribution in [1.29, 1.82) is 0 Å². The molecule has 2 aromatic rings. The second-order valence-corrected chi connectivity index (χ2v) is 18.5. The number of aromatic hydroxyl groups is 1. The molecule has 0 amide bonds. The van der Waals surface area contributed by atoms with Crippen molar-refractivity contribution in [2.24, 2.45) is 22.7 Å². The predicted molar refractivity (Wildman–Crippen MR) is 183 cm³/mol. The molecule has 2 aromatic carbocycles. The van der Waals surface area contributed by atoms with Gasteiger partial charge in [-0.1, -0.05) is 62.8 Å². The Bertz CT molecular complexity index is 1800. The molecule has 1 saturated heterocycles. The second kappa shape index (κ2) is 9.55. The lowest BCUT2D eigenvalue weighted by Crippen LogP contribution is -2.78. The maximum atomic E-state index is 13.9. The fourth-order valence-electron chi connectivity index (χ4n) is 12.5. The molecular formula is C40H49NO6S. The van der Waals surface area contributed by atoms with E-state index in [1.807, 2.05) is 13.2 Å². The number of phenols is 1. The Labute approximate surface area is 287 Å². The van der Waals surface area contributed by atoms with Gasteiger partial charge in [0.25, 0.3) is 0 Å². The summed E-state index contributed by atoms with van der Waals surface area (Å²) in [7, 11) is 1.83. The zero-order chi connectivity index (χ0) is 33.1. The van der Waals surface area contributed by atoms with Crippen molar-refractivity contribution in [2.45, 2.75) is 120 Å². The van der Waals surface area contributed by atoms with Gasteiger partial charge < -0.3 is 14.6 Å². The summed E-state index contributed by atoms with van der Waals surface area (Å²) in [6.07, 6.45) is 11.2. The minimum atomic E-state index is -1.94. The van der Waals surface area contributed by atoms with Gasteiger partial charge in [0.1, 0.15) is 11.7 Å². The monoisotopic (exact) mass is 671 g/mol. The maximum absolute atomic E-state index is 13.9. The second-order valence-electron chi connectivity index (χ2n) is 17.7. The molecule has 11 rings (SSSR count). The molecule has 5 saturated carbocycles. The van der Waals surface area contributed by atoms with Crippen LogP contribution in [0.4, 0.5) is 0 Å². The molecule has 8 heteroatoms. The first-order valence-corrected chi connectivity index (χ1v) is 19.3. The molecular weight excluding hydrogens is 623 g/mol. The van der Waals surface area contributed by atoms with Gasteiger partial charge in [0, 0.05) is 42.0 Å². The number of benzene rings is 2. The smallest absolute Gasteiger partial charge is 0.305 e. The van der Waals surface area contributed by atoms with Crippen LogP contribution >= 0.6 is 0 Å². The van der Waals surface area contributed by atoms with Crippen LogP contribution in [0.2, 0.25) is 0 Å². The van der Waals surface area contributed by atoms with Gasteiger partial charge in [-0.3, -0.25) is 13.3 Å². The first kappa shape index (κ1) is 30.6. The lowest BCUT2D eigenvalue weighted by Gasteiger charge is -2.69. The van der Waals surface area contributed by atoms with Crippen molar-refractivity contribution in [3.05, 3.63) is 70.3 Å². The van der Waals surface area contributed by atoms with E-state index in [0.717, 1.165) is 57.4 Å². The van der Waals surface area contributed by atoms with Crippen LogP contribution < -0.4 is 4.74 Å². The Morgan fingerprint density at radius 2 is 1.88 bits per heavy atom. The lowest BCUT2D eigenvalue weighted by molar-refractivity contribution is -0.284. The summed E-state index contributed by atoms with van der Waals surface area (Å²) in [5.74, 6) is 1.63. The summed E-state index contributed by atoms with van der Waals surface area (Å²) >= 11 is -1.94. The van der Waals surface area contributed by atoms with E-state index in [1.54, 1.807) is 0 Å². The molecule has 7 nitrogen and oxygen atoms in total. The highest BCUT2D eigenvalue weighted by Gasteiger charge is 2.95. The molecule has 0 radical (unpaired) electrons. The van der Waals surface area contributed by atoms with E-state index < -0.39 is 22.6 Å². The van der Waals surface area contributed by atoms with E-state index in [4.69, 9.17) is 17.8 Å². The summed E-state index contributed by atoms with van der Waals surface area (Å²) in [6.45, 7) is 10.2. The Kier molecular flexibility index (Phi) is 6.08. The Morgan fingerprint density at radius 1 is 1.08 bits per heavy atom. The first-order chi connectivity index (χ1) is 22.9. The van der Waals surface area contributed by atoms with Crippen molar-refractivity contribution in [2.75, 3.05) is 20.3 Å². The topological polar surface area (TPSA) is 77.2 Å². The standard InChI is InChI=1S/C40H49NO6S/c1-35(2,3)36(4,47-48(43)45-19-16-24-12-13-26-8-6-7-9-27(26)20-24)30-21-37-17-18-40(30,44-5)34-38(37)23-39(33(37)41(39)22-25-10-11-25)28-14-15-29(42)32(46-34)31(28)38/h6-9,12,14-15,25,30,33-34,42H,10-11,13,16-23H2,1-5H3. The van der Waals surface area contributed by atoms with E-state index in [9.17, 15) is 9.32 Å². The number of hydrogen-bond donors (Lipinski definition) is 1. The van der Waals surface area contributed by atoms with E-state index in [-0.39, 0.29) is 39.6 Å². The molecule has 10 atom stereocenters. The van der Waals surface area contributed by atoms with Gasteiger partial charge in [-0.2, -0.15) is 4.21 Å². The Hall–Kier alpha value is -2.23. The van der Waals surface area contributed by atoms with Gasteiger partial charge >= 0.3 is 11.4 Å². The van der Waals surface area contributed by atoms with Crippen molar-refractivity contribution < 1.29 is 27.2 Å². The Balaban J connectivity index is 0.975. The molecule has 48 heavy (non-hydrogen) atoms. The quantitative estimate of drug-likeness (QED) is 0.220.